The van der Waals surface area contributed by atoms with E-state index in [9.17, 15) is 36.5 Å². The highest BCUT2D eigenvalue weighted by molar-refractivity contribution is 7.89. The number of alkyl halides is 3. The number of halogens is 3. The molecule has 0 fully saturated rings. The lowest BCUT2D eigenvalue weighted by atomic mass is 10.1. The summed E-state index contributed by atoms with van der Waals surface area (Å²) in [5.41, 5.74) is 2.58. The highest BCUT2D eigenvalue weighted by atomic mass is 32.2. The Morgan fingerprint density at radius 1 is 0.721 bits per heavy atom. The van der Waals surface area contributed by atoms with Crippen LogP contribution in [0, 0.1) is 17.0 Å². The van der Waals surface area contributed by atoms with Gasteiger partial charge in [-0.15, -0.1) is 13.2 Å². The number of rotatable bonds is 15. The normalized spacial score (nSPS) is 11.1. The summed E-state index contributed by atoms with van der Waals surface area (Å²) in [5, 5.41) is 15.1. The number of methoxy groups -OCH3 is 4. The molecule has 5 aromatic rings. The summed E-state index contributed by atoms with van der Waals surface area (Å²) in [7, 11) is 6.14. The van der Waals surface area contributed by atoms with E-state index in [0.29, 0.717) is 39.8 Å². The summed E-state index contributed by atoms with van der Waals surface area (Å²) in [6.45, 7) is 1.51. The molecule has 1 N–H and O–H groups in total. The van der Waals surface area contributed by atoms with Crippen LogP contribution >= 0.6 is 0 Å². The maximum atomic E-state index is 14.4. The molecule has 0 heterocycles. The van der Waals surface area contributed by atoms with Crippen LogP contribution in [0.2, 0.25) is 0 Å². The third-order valence-electron chi connectivity index (χ3n) is 9.25. The summed E-state index contributed by atoms with van der Waals surface area (Å²) < 4.78 is 90.3. The number of carbonyl (C=O) groups is 1. The Morgan fingerprint density at radius 2 is 1.23 bits per heavy atom. The first kappa shape index (κ1) is 47.0. The lowest BCUT2D eigenvalue weighted by Crippen LogP contribution is -2.39. The third-order valence-corrected chi connectivity index (χ3v) is 11.0. The van der Waals surface area contributed by atoms with E-state index in [4.69, 9.17) is 18.9 Å². The van der Waals surface area contributed by atoms with Crippen LogP contribution in [0.25, 0.3) is 0 Å². The van der Waals surface area contributed by atoms with Gasteiger partial charge in [0.25, 0.3) is 5.69 Å². The molecule has 0 saturated carbocycles. The number of nitrogens with zero attached hydrogens (tertiary/aromatic N) is 4. The number of nitro groups is 1. The minimum absolute atomic E-state index is 0.0791. The van der Waals surface area contributed by atoms with Gasteiger partial charge in [0.05, 0.1) is 38.3 Å². The number of para-hydroxylation sites is 1. The number of nitrogens with one attached hydrogen (secondary N) is 1. The number of carbonyl (C=O) groups excluding carboxylic acids is 1. The van der Waals surface area contributed by atoms with E-state index >= 15 is 0 Å². The summed E-state index contributed by atoms with van der Waals surface area (Å²) >= 11 is 0. The smallest absolute Gasteiger partial charge is 0.497 e. The van der Waals surface area contributed by atoms with Gasteiger partial charge in [-0.25, -0.2) is 13.2 Å². The minimum atomic E-state index is -4.62. The molecule has 0 spiro atoms. The van der Waals surface area contributed by atoms with Crippen molar-refractivity contribution in [3.8, 4) is 28.7 Å². The van der Waals surface area contributed by atoms with Crippen LogP contribution in [-0.4, -0.2) is 79.6 Å². The second-order valence-corrected chi connectivity index (χ2v) is 15.0. The van der Waals surface area contributed by atoms with Crippen molar-refractivity contribution in [2.75, 3.05) is 64.7 Å². The molecule has 0 aliphatic heterocycles. The van der Waals surface area contributed by atoms with Gasteiger partial charge in [0, 0.05) is 74.9 Å². The topological polar surface area (TPSA) is 162 Å². The van der Waals surface area contributed by atoms with Crippen molar-refractivity contribution >= 4 is 38.8 Å². The zero-order chi connectivity index (χ0) is 45.1. The monoisotopic (exact) mass is 869 g/mol. The molecule has 5 rings (SSSR count). The summed E-state index contributed by atoms with van der Waals surface area (Å²) in [4.78, 5) is 27.2. The molecule has 0 aliphatic rings. The molecule has 0 bridgehead atoms. The average Bonchev–Trinajstić information content (AvgIpc) is 3.25. The first-order chi connectivity index (χ1) is 28.9. The fraction of sp³-hybridized carbons (Fsp3) is 0.262. The molecule has 0 unspecified atom stereocenters. The Labute approximate surface area is 352 Å². The van der Waals surface area contributed by atoms with Crippen molar-refractivity contribution in [1.82, 2.24) is 4.31 Å². The van der Waals surface area contributed by atoms with Gasteiger partial charge in [-0.3, -0.25) is 19.9 Å². The van der Waals surface area contributed by atoms with Gasteiger partial charge in [0.1, 0.15) is 34.4 Å². The zero-order valence-corrected chi connectivity index (χ0v) is 35.5. The van der Waals surface area contributed by atoms with Crippen molar-refractivity contribution in [2.45, 2.75) is 31.3 Å². The van der Waals surface area contributed by atoms with Crippen molar-refractivity contribution in [1.29, 1.82) is 0 Å². The van der Waals surface area contributed by atoms with Crippen LogP contribution in [-0.2, 0) is 23.1 Å². The van der Waals surface area contributed by atoms with E-state index in [1.807, 2.05) is 19.1 Å². The summed E-state index contributed by atoms with van der Waals surface area (Å²) in [5.74, 6) is 1.58. The molecular weight excluding hydrogens is 824 g/mol. The van der Waals surface area contributed by atoms with E-state index in [1.54, 1.807) is 62.6 Å². The van der Waals surface area contributed by atoms with E-state index in [2.05, 4.69) is 10.1 Å². The lowest BCUT2D eigenvalue weighted by Gasteiger charge is -2.27. The van der Waals surface area contributed by atoms with Crippen LogP contribution in [0.1, 0.15) is 16.7 Å². The number of urea groups is 1. The van der Waals surface area contributed by atoms with Crippen LogP contribution in [0.15, 0.2) is 108 Å². The SMILES string of the molecule is CNc1ccc(OC(F)(F)F)cc1.COc1ccc(CN(Cc2ccc(OC)cc2OC)S(=O)(=O)c2ccc(N(C)C(=O)N(C)c3ccccc3C)c([N+](=O)[O-])c2)c(OC)c1. The number of hydrogen-bond donors (Lipinski definition) is 1. The van der Waals surface area contributed by atoms with Gasteiger partial charge >= 0.3 is 12.4 Å². The molecule has 0 aromatic heterocycles. The van der Waals surface area contributed by atoms with Crippen molar-refractivity contribution in [3.63, 3.8) is 0 Å². The van der Waals surface area contributed by atoms with Crippen LogP contribution < -0.4 is 38.8 Å². The zero-order valence-electron chi connectivity index (χ0n) is 34.6. The highest BCUT2D eigenvalue weighted by Crippen LogP contribution is 2.36. The second kappa shape index (κ2) is 20.5. The Balaban J connectivity index is 0.000000537. The maximum Gasteiger partial charge on any atom is 0.573 e. The van der Waals surface area contributed by atoms with Gasteiger partial charge in [0.2, 0.25) is 10.0 Å². The summed E-state index contributed by atoms with van der Waals surface area (Å²) in [6.07, 6.45) is -4.62. The quantitative estimate of drug-likeness (QED) is 0.0792. The Kier molecular flexibility index (Phi) is 15.8. The van der Waals surface area contributed by atoms with Crippen LogP contribution in [0.4, 0.5) is 40.7 Å². The number of sulfonamides is 1. The number of aryl methyl sites for hydroxylation is 1. The van der Waals surface area contributed by atoms with Gasteiger partial charge < -0.3 is 29.0 Å². The van der Waals surface area contributed by atoms with E-state index < -0.39 is 33.0 Å². The number of benzene rings is 5. The molecule has 19 heteroatoms. The molecule has 0 atom stereocenters. The van der Waals surface area contributed by atoms with Crippen LogP contribution in [0.5, 0.6) is 28.7 Å². The molecule has 326 valence electrons. The van der Waals surface area contributed by atoms with Crippen LogP contribution in [0.3, 0.4) is 0 Å². The number of ether oxygens (including phenoxy) is 5. The highest BCUT2D eigenvalue weighted by Gasteiger charge is 2.33. The molecule has 0 radical (unpaired) electrons. The van der Waals surface area contributed by atoms with E-state index in [1.165, 1.54) is 81.1 Å². The second-order valence-electron chi connectivity index (χ2n) is 13.0. The standard InChI is InChI=1S/C34H38N4O9S.C8H8F3NO/c1-23-10-8-9-11-29(23)35(2)34(39)36(3)30-17-16-28(20-31(30)38(40)41)48(42,43)37(21-24-12-14-26(44-4)18-32(24)46-6)22-25-13-15-27(45-5)19-33(25)47-7;1-12-6-2-4-7(5-3-6)13-8(9,10)11/h8-20H,21-22H2,1-7H3;2-5,12H,1H3. The first-order valence-corrected chi connectivity index (χ1v) is 19.6. The molecule has 0 aliphatic carbocycles. The molecule has 5 aromatic carbocycles. The average molecular weight is 870 g/mol. The lowest BCUT2D eigenvalue weighted by molar-refractivity contribution is -0.384. The largest absolute Gasteiger partial charge is 0.573 e. The van der Waals surface area contributed by atoms with Gasteiger partial charge in [0.15, 0.2) is 0 Å². The number of anilines is 3. The van der Waals surface area contributed by atoms with Gasteiger partial charge in [-0.1, -0.05) is 30.3 Å². The third kappa shape index (κ3) is 11.9. The number of nitro benzene ring substituents is 1. The van der Waals surface area contributed by atoms with E-state index in [-0.39, 0.29) is 29.4 Å². The predicted molar refractivity (Wildman–Crippen MR) is 225 cm³/mol. The Morgan fingerprint density at radius 3 is 1.69 bits per heavy atom. The summed E-state index contributed by atoms with van der Waals surface area (Å²) in [6, 6.07) is 25.6. The predicted octanol–water partition coefficient (Wildman–Crippen LogP) is 8.65. The van der Waals surface area contributed by atoms with Crippen molar-refractivity contribution < 1.29 is 55.0 Å². The fourth-order valence-corrected chi connectivity index (χ4v) is 7.42. The molecule has 2 amide bonds. The molecule has 61 heavy (non-hydrogen) atoms. The minimum Gasteiger partial charge on any atom is -0.497 e. The number of amides is 2. The first-order valence-electron chi connectivity index (χ1n) is 18.2. The van der Waals surface area contributed by atoms with E-state index in [0.717, 1.165) is 22.2 Å². The van der Waals surface area contributed by atoms with Gasteiger partial charge in [-0.2, -0.15) is 4.31 Å². The molecule has 15 nitrogen and oxygen atoms in total. The van der Waals surface area contributed by atoms with Gasteiger partial charge in [-0.05, 0) is 67.1 Å². The molecule has 0 saturated heterocycles. The number of hydrogen-bond acceptors (Lipinski definition) is 11. The Hall–Kier alpha value is -6.73. The van der Waals surface area contributed by atoms with Crippen molar-refractivity contribution in [2.24, 2.45) is 0 Å². The maximum absolute atomic E-state index is 14.4. The van der Waals surface area contributed by atoms with Crippen molar-refractivity contribution in [3.05, 3.63) is 130 Å². The molecular formula is C42H46F3N5O10S. The fourth-order valence-electron chi connectivity index (χ4n) is 6.01. The Bertz CT molecular complexity index is 2360.